The third-order valence-electron chi connectivity index (χ3n) is 20.6. The maximum atomic E-state index is 14.6. The molecular weight excluding hydrogens is 1330 g/mol. The molecule has 6 rings (SSSR count). The van der Waals surface area contributed by atoms with Crippen LogP contribution in [0.4, 0.5) is 21.0 Å². The van der Waals surface area contributed by atoms with E-state index in [9.17, 15) is 52.7 Å². The van der Waals surface area contributed by atoms with Crippen molar-refractivity contribution in [2.75, 3.05) is 71.4 Å². The number of thioether (sulfide) groups is 1. The van der Waals surface area contributed by atoms with Crippen molar-refractivity contribution in [1.82, 2.24) is 40.5 Å². The molecule has 0 spiro atoms. The summed E-state index contributed by atoms with van der Waals surface area (Å²) in [5, 5.41) is 16.4. The number of aromatic nitrogens is 1. The average Bonchev–Trinajstić information content (AvgIpc) is 1.78. The molecule has 3 saturated heterocycles. The highest BCUT2D eigenvalue weighted by Gasteiger charge is 2.46. The molecule has 10 amide bonds. The van der Waals surface area contributed by atoms with Crippen LogP contribution in [0.5, 0.6) is 0 Å². The molecule has 2 unspecified atom stereocenters. The van der Waals surface area contributed by atoms with E-state index in [1.54, 1.807) is 101 Å². The number of urea groups is 1. The van der Waals surface area contributed by atoms with Gasteiger partial charge in [-0.1, -0.05) is 85.6 Å². The molecule has 3 fully saturated rings. The second-order valence-corrected chi connectivity index (χ2v) is 30.3. The number of thiazole rings is 1. The Morgan fingerprint density at radius 1 is 0.822 bits per heavy atom. The van der Waals surface area contributed by atoms with E-state index in [0.29, 0.717) is 80.0 Å². The van der Waals surface area contributed by atoms with E-state index in [1.807, 2.05) is 52.3 Å². The second kappa shape index (κ2) is 39.9. The topological polar surface area (TPSA) is 327 Å². The zero-order chi connectivity index (χ0) is 74.3. The number of Topliss-reactive ketones (excluding diaryl/α,β-unsaturated/α-hetero) is 2. The summed E-state index contributed by atoms with van der Waals surface area (Å²) in [5.74, 6) is -4.47. The summed E-state index contributed by atoms with van der Waals surface area (Å²) in [6.07, 6.45) is 8.04. The van der Waals surface area contributed by atoms with Crippen LogP contribution < -0.4 is 32.3 Å². The van der Waals surface area contributed by atoms with Gasteiger partial charge in [-0.2, -0.15) is 11.8 Å². The van der Waals surface area contributed by atoms with Crippen molar-refractivity contribution < 1.29 is 67.0 Å². The SMILES string of the molecule is CC[C@H](C)[C@@H]([C@@H](CC(=O)N1CCC[C@H]1[C@H](OC)[C@@H](C)C(=O)NC(Cc1ccc(NC(=O)OCc2ccc(NC(=O)[C@H](CCCNC(N)=O)CC(=O)[C@@H](NC(=O)CCCCCN3C(=O)CC(SC)C3=O)C(C)C)cc2)cc1)c1nccs1)OC)N(C)C(=O)[C@@H](CC(=O)[C@]1(C)CCCN1C)C(C)C. The number of nitrogens with zero attached hydrogens (tertiary/aromatic N) is 5. The predicted molar refractivity (Wildman–Crippen MR) is 390 cm³/mol. The van der Waals surface area contributed by atoms with Gasteiger partial charge in [-0.3, -0.25) is 58.3 Å². The summed E-state index contributed by atoms with van der Waals surface area (Å²) in [5.41, 5.74) is 7.00. The van der Waals surface area contributed by atoms with E-state index in [-0.39, 0.29) is 122 Å². The Labute approximate surface area is 604 Å². The number of carbonyl (C=O) groups excluding carboxylic acids is 11. The van der Waals surface area contributed by atoms with Crippen LogP contribution in [0.3, 0.4) is 0 Å². The highest BCUT2D eigenvalue weighted by Crippen LogP contribution is 2.35. The van der Waals surface area contributed by atoms with E-state index in [2.05, 4.69) is 43.4 Å². The summed E-state index contributed by atoms with van der Waals surface area (Å²) >= 11 is 2.76. The number of hydrogen-bond donors (Lipinski definition) is 6. The molecule has 0 aliphatic carbocycles. The Kier molecular flexibility index (Phi) is 32.7. The second-order valence-electron chi connectivity index (χ2n) is 28.3. The van der Waals surface area contributed by atoms with Gasteiger partial charge in [0.25, 0.3) is 0 Å². The molecule has 7 N–H and O–H groups in total. The highest BCUT2D eigenvalue weighted by molar-refractivity contribution is 8.00. The van der Waals surface area contributed by atoms with Crippen LogP contribution in [0.25, 0.3) is 0 Å². The van der Waals surface area contributed by atoms with Gasteiger partial charge in [-0.15, -0.1) is 11.3 Å². The van der Waals surface area contributed by atoms with Crippen LogP contribution in [-0.2, 0) is 70.4 Å². The standard InChI is InChI=1S/C74H111N11O14S2/c1-14-47(6)65(83(10)70(93)54(45(2)3)41-60(87)74(8)32-20-35-82(74)9)58(97-11)42-62(89)84-37-19-22-56(84)66(98-12)48(7)67(91)80-55(69-76-34-38-101-69)39-49-24-28-53(29-25-49)79-73(96)99-44-50-26-30-52(31-27-50)78-68(92)51(21-18-33-77-72(75)95)40-57(86)64(46(4)5)81-61(88)23-16-15-17-36-85-63(90)43-59(100-13)71(85)94/h24-31,34,38,45-48,51,54-56,58-59,64-66H,14-23,32-33,35-37,39-44H2,1-13H3,(H,78,92)(H,79,96)(H,80,91)(H,81,88)(H3,75,77,95)/t47-,48+,51+,54-,55?,56-,58+,59?,64-,65-,66+,74-/m0/s1. The molecule has 0 bridgehead atoms. The number of carbonyl (C=O) groups is 11. The number of likely N-dealkylation sites (N-methyl/N-ethyl adjacent to an activating group) is 2. The van der Waals surface area contributed by atoms with Crippen LogP contribution in [-0.4, -0.2) is 191 Å². The smallest absolute Gasteiger partial charge is 0.411 e. The first kappa shape index (κ1) is 82.6. The quantitative estimate of drug-likeness (QED) is 0.0228. The van der Waals surface area contributed by atoms with Crippen molar-refractivity contribution in [2.24, 2.45) is 41.2 Å². The molecule has 3 aliphatic rings. The Bertz CT molecular complexity index is 3270. The largest absolute Gasteiger partial charge is 0.444 e. The van der Waals surface area contributed by atoms with Crippen molar-refractivity contribution in [3.63, 3.8) is 0 Å². The fourth-order valence-corrected chi connectivity index (χ4v) is 15.4. The minimum absolute atomic E-state index is 0.00168. The van der Waals surface area contributed by atoms with Crippen molar-refractivity contribution in [3.05, 3.63) is 76.2 Å². The molecule has 25 nitrogen and oxygen atoms in total. The number of unbranched alkanes of at least 4 members (excludes halogenated alkanes) is 2. The monoisotopic (exact) mass is 1440 g/mol. The fourth-order valence-electron chi connectivity index (χ4n) is 14.1. The number of ether oxygens (including phenoxy) is 3. The number of methoxy groups -OCH3 is 2. The summed E-state index contributed by atoms with van der Waals surface area (Å²) < 4.78 is 17.8. The Morgan fingerprint density at radius 2 is 1.50 bits per heavy atom. The third kappa shape index (κ3) is 23.3. The highest BCUT2D eigenvalue weighted by atomic mass is 32.2. The summed E-state index contributed by atoms with van der Waals surface area (Å²) in [4.78, 5) is 159. The number of primary amides is 1. The van der Waals surface area contributed by atoms with Crippen molar-refractivity contribution in [2.45, 2.75) is 212 Å². The molecule has 558 valence electrons. The summed E-state index contributed by atoms with van der Waals surface area (Å²) in [7, 11) is 6.86. The van der Waals surface area contributed by atoms with Crippen LogP contribution >= 0.6 is 23.1 Å². The van der Waals surface area contributed by atoms with Gasteiger partial charge in [0, 0.05) is 101 Å². The maximum absolute atomic E-state index is 14.6. The number of amides is 10. The van der Waals surface area contributed by atoms with E-state index < -0.39 is 77.7 Å². The van der Waals surface area contributed by atoms with Crippen LogP contribution in [0.2, 0.25) is 0 Å². The first-order valence-electron chi connectivity index (χ1n) is 35.8. The van der Waals surface area contributed by atoms with E-state index in [1.165, 1.54) is 28.0 Å². The molecule has 101 heavy (non-hydrogen) atoms. The first-order chi connectivity index (χ1) is 48.0. The number of nitrogens with one attached hydrogen (secondary N) is 5. The number of ketones is 2. The number of anilines is 2. The molecule has 27 heteroatoms. The van der Waals surface area contributed by atoms with Gasteiger partial charge < -0.3 is 51.0 Å². The van der Waals surface area contributed by atoms with Gasteiger partial charge in [0.05, 0.1) is 59.5 Å². The lowest BCUT2D eigenvalue weighted by Gasteiger charge is -2.41. The molecule has 3 aromatic rings. The first-order valence-corrected chi connectivity index (χ1v) is 37.9. The predicted octanol–water partition coefficient (Wildman–Crippen LogP) is 9.08. The lowest BCUT2D eigenvalue weighted by molar-refractivity contribution is -0.149. The zero-order valence-electron chi connectivity index (χ0n) is 61.5. The van der Waals surface area contributed by atoms with Gasteiger partial charge in [0.2, 0.25) is 41.4 Å². The number of rotatable bonds is 41. The lowest BCUT2D eigenvalue weighted by atomic mass is 9.81. The number of hydrogen-bond acceptors (Lipinski definition) is 18. The van der Waals surface area contributed by atoms with Crippen molar-refractivity contribution >= 4 is 99.5 Å². The molecule has 0 radical (unpaired) electrons. The molecule has 0 saturated carbocycles. The van der Waals surface area contributed by atoms with Gasteiger partial charge in [-0.25, -0.2) is 14.6 Å². The Hall–Kier alpha value is -7.33. The van der Waals surface area contributed by atoms with Crippen LogP contribution in [0.1, 0.15) is 174 Å². The number of benzene rings is 2. The summed E-state index contributed by atoms with van der Waals surface area (Å²) in [6.45, 7) is 17.1. The molecule has 12 atom stereocenters. The molecule has 3 aliphatic heterocycles. The van der Waals surface area contributed by atoms with Crippen LogP contribution in [0.15, 0.2) is 60.1 Å². The number of nitrogens with two attached hydrogens (primary N) is 1. The fraction of sp³-hybridized carbons (Fsp3) is 0.649. The van der Waals surface area contributed by atoms with Gasteiger partial charge in [-0.05, 0) is 138 Å². The third-order valence-corrected chi connectivity index (χ3v) is 22.5. The molecular formula is C74H111N11O14S2. The van der Waals surface area contributed by atoms with E-state index >= 15 is 0 Å². The minimum atomic E-state index is -0.867. The Morgan fingerprint density at radius 3 is 2.09 bits per heavy atom. The van der Waals surface area contributed by atoms with E-state index in [0.717, 1.165) is 31.4 Å². The average molecular weight is 1440 g/mol. The van der Waals surface area contributed by atoms with Gasteiger partial charge >= 0.3 is 12.1 Å². The van der Waals surface area contributed by atoms with Crippen LogP contribution in [0, 0.1) is 35.5 Å². The summed E-state index contributed by atoms with van der Waals surface area (Å²) in [6, 6.07) is 10.8. The number of imide groups is 1. The van der Waals surface area contributed by atoms with Crippen molar-refractivity contribution in [1.29, 1.82) is 0 Å². The molecule has 1 aromatic heterocycles. The molecule has 4 heterocycles. The van der Waals surface area contributed by atoms with Crippen molar-refractivity contribution in [3.8, 4) is 0 Å². The number of likely N-dealkylation sites (tertiary alicyclic amines) is 3. The maximum Gasteiger partial charge on any atom is 0.411 e. The van der Waals surface area contributed by atoms with E-state index in [4.69, 9.17) is 19.9 Å². The minimum Gasteiger partial charge on any atom is -0.444 e. The van der Waals surface area contributed by atoms with Gasteiger partial charge in [0.15, 0.2) is 11.6 Å². The Balaban J connectivity index is 0.994. The molecule has 2 aromatic carbocycles. The lowest BCUT2D eigenvalue weighted by Crippen LogP contribution is -2.55. The van der Waals surface area contributed by atoms with Gasteiger partial charge in [0.1, 0.15) is 11.6 Å². The zero-order valence-corrected chi connectivity index (χ0v) is 63.1. The normalized spacial score (nSPS) is 19.8.